The minimum atomic E-state index is -0.231. The zero-order valence-corrected chi connectivity index (χ0v) is 21.2. The first-order chi connectivity index (χ1) is 16.2. The number of allylic oxidation sites excluding steroid dienone is 1. The van der Waals surface area contributed by atoms with Crippen LogP contribution in [0.2, 0.25) is 5.02 Å². The predicted octanol–water partition coefficient (Wildman–Crippen LogP) is 6.25. The molecule has 0 saturated carbocycles. The van der Waals surface area contributed by atoms with Crippen molar-refractivity contribution in [3.05, 3.63) is 88.7 Å². The summed E-state index contributed by atoms with van der Waals surface area (Å²) >= 11 is 12.1. The molecule has 0 amide bonds. The van der Waals surface area contributed by atoms with Gasteiger partial charge >= 0.3 is 0 Å². The maximum absolute atomic E-state index is 10.7. The molecule has 5 nitrogen and oxygen atoms in total. The summed E-state index contributed by atoms with van der Waals surface area (Å²) < 4.78 is 0. The van der Waals surface area contributed by atoms with Crippen molar-refractivity contribution in [2.75, 3.05) is 16.8 Å². The Kier molecular flexibility index (Phi) is 5.53. The average molecular weight is 491 g/mol. The van der Waals surface area contributed by atoms with Gasteiger partial charge in [-0.15, -0.1) is 0 Å². The van der Waals surface area contributed by atoms with Crippen LogP contribution in [-0.2, 0) is 0 Å². The third-order valence-electron chi connectivity index (χ3n) is 6.88. The van der Waals surface area contributed by atoms with E-state index in [1.165, 1.54) is 16.8 Å². The van der Waals surface area contributed by atoms with Gasteiger partial charge in [-0.2, -0.15) is 0 Å². The van der Waals surface area contributed by atoms with Crippen LogP contribution in [0.3, 0.4) is 0 Å². The molecule has 2 aliphatic heterocycles. The number of aromatic nitrogens is 1. The minimum absolute atomic E-state index is 0.0653. The molecule has 0 bridgehead atoms. The zero-order valence-electron chi connectivity index (χ0n) is 19.6. The molecule has 0 aliphatic carbocycles. The van der Waals surface area contributed by atoms with Crippen molar-refractivity contribution in [2.45, 2.75) is 38.4 Å². The van der Waals surface area contributed by atoms with E-state index in [1.807, 2.05) is 23.1 Å². The number of phenols is 1. The van der Waals surface area contributed by atoms with E-state index < -0.39 is 0 Å². The fraction of sp³-hybridized carbons (Fsp3) is 0.259. The molecule has 1 aromatic heterocycles. The Balaban J connectivity index is 1.69. The van der Waals surface area contributed by atoms with Gasteiger partial charge in [-0.25, -0.2) is 0 Å². The van der Waals surface area contributed by atoms with Crippen LogP contribution in [0.1, 0.15) is 49.7 Å². The first-order valence-corrected chi connectivity index (χ1v) is 12.0. The summed E-state index contributed by atoms with van der Waals surface area (Å²) in [7, 11) is 2.13. The third kappa shape index (κ3) is 3.71. The molecule has 2 aliphatic rings. The van der Waals surface area contributed by atoms with Crippen molar-refractivity contribution in [2.24, 2.45) is 0 Å². The largest absolute Gasteiger partial charge is 0.506 e. The van der Waals surface area contributed by atoms with E-state index in [9.17, 15) is 5.11 Å². The van der Waals surface area contributed by atoms with Crippen LogP contribution in [0.4, 0.5) is 11.4 Å². The van der Waals surface area contributed by atoms with Gasteiger partial charge < -0.3 is 20.2 Å². The smallest absolute Gasteiger partial charge is 0.174 e. The SMILES string of the molecule is CC1=CC(C)(C)N(C)c2ccc([C@@H]3[C@H](c4ccccn4)NC(=S)N3c3cc(Cl)ccc3O)cc21. The average Bonchev–Trinajstić information content (AvgIpc) is 3.16. The van der Waals surface area contributed by atoms with Crippen LogP contribution >= 0.6 is 23.8 Å². The van der Waals surface area contributed by atoms with Crippen molar-refractivity contribution in [3.63, 3.8) is 0 Å². The van der Waals surface area contributed by atoms with Gasteiger partial charge in [0.1, 0.15) is 5.75 Å². The molecular formula is C27H27ClN4OS. The molecule has 1 fully saturated rings. The normalized spacial score (nSPS) is 21.2. The second kappa shape index (κ2) is 8.29. The number of fused-ring (bicyclic) bond motifs is 1. The summed E-state index contributed by atoms with van der Waals surface area (Å²) in [6.45, 7) is 6.59. The first-order valence-electron chi connectivity index (χ1n) is 11.2. The van der Waals surface area contributed by atoms with E-state index in [1.54, 1.807) is 24.4 Å². The van der Waals surface area contributed by atoms with Gasteiger partial charge in [-0.1, -0.05) is 29.8 Å². The molecule has 3 aromatic rings. The number of benzene rings is 2. The van der Waals surface area contributed by atoms with Crippen molar-refractivity contribution in [3.8, 4) is 5.75 Å². The Morgan fingerprint density at radius 3 is 2.62 bits per heavy atom. The lowest BCUT2D eigenvalue weighted by molar-refractivity contribution is 0.473. The standard InChI is InChI=1S/C27H27ClN4OS/c1-16-15-27(2,3)31(4)21-10-8-17(13-19(16)21)25-24(20-7-5-6-12-29-20)30-26(34)32(25)22-14-18(28)9-11-23(22)33/h5-15,24-25,33H,1-4H3,(H,30,34)/t24-,25+/m0/s1. The highest BCUT2D eigenvalue weighted by atomic mass is 35.5. The number of likely N-dealkylation sites (N-methyl/N-ethyl adjacent to an activating group) is 1. The van der Waals surface area contributed by atoms with E-state index in [0.717, 1.165) is 11.3 Å². The first kappa shape index (κ1) is 22.7. The molecule has 174 valence electrons. The van der Waals surface area contributed by atoms with E-state index in [2.05, 4.69) is 67.3 Å². The third-order valence-corrected chi connectivity index (χ3v) is 7.43. The fourth-order valence-corrected chi connectivity index (χ4v) is 5.51. The van der Waals surface area contributed by atoms with Crippen LogP contribution in [0, 0.1) is 0 Å². The molecule has 34 heavy (non-hydrogen) atoms. The molecule has 2 aromatic carbocycles. The maximum atomic E-state index is 10.7. The van der Waals surface area contributed by atoms with Gasteiger partial charge in [0, 0.05) is 29.5 Å². The predicted molar refractivity (Wildman–Crippen MR) is 144 cm³/mol. The van der Waals surface area contributed by atoms with Crippen LogP contribution < -0.4 is 15.1 Å². The molecule has 0 spiro atoms. The lowest BCUT2D eigenvalue weighted by atomic mass is 9.86. The Morgan fingerprint density at radius 2 is 1.88 bits per heavy atom. The number of phenolic OH excluding ortho intramolecular Hbond substituents is 1. The second-order valence-corrected chi connectivity index (χ2v) is 10.3. The quantitative estimate of drug-likeness (QED) is 0.423. The highest BCUT2D eigenvalue weighted by molar-refractivity contribution is 7.80. The maximum Gasteiger partial charge on any atom is 0.174 e. The van der Waals surface area contributed by atoms with Crippen LogP contribution in [0.25, 0.3) is 5.57 Å². The molecule has 5 rings (SSSR count). The Labute approximate surface area is 210 Å². The van der Waals surface area contributed by atoms with E-state index in [-0.39, 0.29) is 23.4 Å². The number of aromatic hydroxyl groups is 1. The summed E-state index contributed by atoms with van der Waals surface area (Å²) in [5, 5.41) is 15.2. The van der Waals surface area contributed by atoms with Gasteiger partial charge in [0.25, 0.3) is 0 Å². The zero-order chi connectivity index (χ0) is 24.2. The van der Waals surface area contributed by atoms with Crippen LogP contribution in [-0.4, -0.2) is 27.8 Å². The number of thiocarbonyl (C=S) groups is 1. The number of hydrogen-bond donors (Lipinski definition) is 2. The Morgan fingerprint density at radius 1 is 1.09 bits per heavy atom. The van der Waals surface area contributed by atoms with Gasteiger partial charge in [0.2, 0.25) is 0 Å². The highest BCUT2D eigenvalue weighted by Gasteiger charge is 2.42. The summed E-state index contributed by atoms with van der Waals surface area (Å²) in [4.78, 5) is 8.87. The number of nitrogens with zero attached hydrogens (tertiary/aromatic N) is 3. The summed E-state index contributed by atoms with van der Waals surface area (Å²) in [6.07, 6.45) is 4.08. The molecule has 2 atom stereocenters. The van der Waals surface area contributed by atoms with Crippen molar-refractivity contribution >= 4 is 45.9 Å². The van der Waals surface area contributed by atoms with E-state index in [4.69, 9.17) is 23.8 Å². The van der Waals surface area contributed by atoms with Gasteiger partial charge in [-0.05, 0) is 86.6 Å². The second-order valence-electron chi connectivity index (χ2n) is 9.45. The van der Waals surface area contributed by atoms with Gasteiger partial charge in [0.15, 0.2) is 5.11 Å². The van der Waals surface area contributed by atoms with Crippen LogP contribution in [0.5, 0.6) is 5.75 Å². The van der Waals surface area contributed by atoms with E-state index >= 15 is 0 Å². The van der Waals surface area contributed by atoms with Gasteiger partial charge in [0.05, 0.1) is 29.0 Å². The number of anilines is 2. The lowest BCUT2D eigenvalue weighted by Gasteiger charge is -2.41. The molecule has 3 heterocycles. The summed E-state index contributed by atoms with van der Waals surface area (Å²) in [5.41, 5.74) is 6.06. The number of halogens is 1. The Bertz CT molecular complexity index is 1310. The molecule has 0 radical (unpaired) electrons. The summed E-state index contributed by atoms with van der Waals surface area (Å²) in [6, 6.07) is 17.0. The van der Waals surface area contributed by atoms with Gasteiger partial charge in [-0.3, -0.25) is 4.98 Å². The van der Waals surface area contributed by atoms with E-state index in [0.29, 0.717) is 15.8 Å². The number of hydrogen-bond acceptors (Lipinski definition) is 4. The fourth-order valence-electron chi connectivity index (χ4n) is 5.00. The van der Waals surface area contributed by atoms with Crippen molar-refractivity contribution in [1.29, 1.82) is 0 Å². The highest BCUT2D eigenvalue weighted by Crippen LogP contribution is 2.47. The number of pyridine rings is 1. The van der Waals surface area contributed by atoms with Crippen molar-refractivity contribution in [1.82, 2.24) is 10.3 Å². The molecule has 2 N–H and O–H groups in total. The number of nitrogens with one attached hydrogen (secondary N) is 1. The van der Waals surface area contributed by atoms with Crippen LogP contribution in [0.15, 0.2) is 66.9 Å². The number of rotatable bonds is 3. The molecular weight excluding hydrogens is 464 g/mol. The monoisotopic (exact) mass is 490 g/mol. The molecule has 7 heteroatoms. The minimum Gasteiger partial charge on any atom is -0.506 e. The Hall–Kier alpha value is -3.09. The molecule has 0 unspecified atom stereocenters. The van der Waals surface area contributed by atoms with Crippen molar-refractivity contribution < 1.29 is 5.11 Å². The lowest BCUT2D eigenvalue weighted by Crippen LogP contribution is -2.42. The topological polar surface area (TPSA) is 51.6 Å². The molecule has 1 saturated heterocycles. The summed E-state index contributed by atoms with van der Waals surface area (Å²) in [5.74, 6) is 0.121.